The van der Waals surface area contributed by atoms with E-state index in [-0.39, 0.29) is 0 Å². The van der Waals surface area contributed by atoms with Gasteiger partial charge in [0, 0.05) is 25.8 Å². The van der Waals surface area contributed by atoms with Crippen LogP contribution in [-0.4, -0.2) is 30.6 Å². The predicted octanol–water partition coefficient (Wildman–Crippen LogP) is 3.25. The number of anilines is 1. The highest BCUT2D eigenvalue weighted by Crippen LogP contribution is 2.28. The van der Waals surface area contributed by atoms with Gasteiger partial charge in [-0.2, -0.15) is 13.2 Å². The minimum atomic E-state index is -4.37. The fraction of sp³-hybridized carbons (Fsp3) is 0.412. The lowest BCUT2D eigenvalue weighted by Gasteiger charge is -2.12. The smallest absolute Gasteiger partial charge is 0.417 e. The molecule has 9 heteroatoms. The number of pyridine rings is 1. The van der Waals surface area contributed by atoms with Gasteiger partial charge in [-0.1, -0.05) is 0 Å². The van der Waals surface area contributed by atoms with Crippen molar-refractivity contribution in [3.05, 3.63) is 48.0 Å². The largest absolute Gasteiger partial charge is 0.467 e. The highest BCUT2D eigenvalue weighted by Gasteiger charge is 2.30. The number of aromatic nitrogens is 1. The van der Waals surface area contributed by atoms with Crippen LogP contribution in [0.5, 0.6) is 0 Å². The zero-order valence-corrected chi connectivity index (χ0v) is 14.4. The van der Waals surface area contributed by atoms with Gasteiger partial charge in [0.2, 0.25) is 0 Å². The second-order valence-electron chi connectivity index (χ2n) is 5.41. The van der Waals surface area contributed by atoms with Crippen molar-refractivity contribution in [1.82, 2.24) is 15.6 Å². The zero-order valence-electron chi connectivity index (χ0n) is 14.4. The van der Waals surface area contributed by atoms with Gasteiger partial charge in [0.15, 0.2) is 5.96 Å². The van der Waals surface area contributed by atoms with Crippen LogP contribution in [0.1, 0.15) is 24.7 Å². The van der Waals surface area contributed by atoms with Crippen molar-refractivity contribution in [3.8, 4) is 0 Å². The molecule has 0 aromatic carbocycles. The van der Waals surface area contributed by atoms with E-state index in [1.165, 1.54) is 6.07 Å². The molecule has 2 aromatic heterocycles. The average molecular weight is 369 g/mol. The Bertz CT molecular complexity index is 669. The topological polar surface area (TPSA) is 74.5 Å². The molecule has 0 unspecified atom stereocenters. The van der Waals surface area contributed by atoms with Crippen LogP contribution in [0, 0.1) is 0 Å². The van der Waals surface area contributed by atoms with E-state index in [1.54, 1.807) is 6.26 Å². The lowest BCUT2D eigenvalue weighted by atomic mass is 10.3. The third-order valence-electron chi connectivity index (χ3n) is 3.36. The van der Waals surface area contributed by atoms with Crippen LogP contribution >= 0.6 is 0 Å². The highest BCUT2D eigenvalue weighted by atomic mass is 19.4. The van der Waals surface area contributed by atoms with E-state index in [0.29, 0.717) is 31.4 Å². The molecular formula is C17H22F3N5O. The molecule has 0 aliphatic rings. The summed E-state index contributed by atoms with van der Waals surface area (Å²) in [6.07, 6.45) is -1.20. The van der Waals surface area contributed by atoms with E-state index < -0.39 is 11.7 Å². The van der Waals surface area contributed by atoms with Crippen LogP contribution in [0.4, 0.5) is 19.0 Å². The summed E-state index contributed by atoms with van der Waals surface area (Å²) in [7, 11) is 0. The maximum Gasteiger partial charge on any atom is 0.417 e. The third kappa shape index (κ3) is 6.66. The molecule has 0 aliphatic heterocycles. The molecule has 0 saturated carbocycles. The molecule has 0 atom stereocenters. The molecule has 0 spiro atoms. The van der Waals surface area contributed by atoms with Crippen molar-refractivity contribution in [1.29, 1.82) is 0 Å². The van der Waals surface area contributed by atoms with Crippen LogP contribution in [-0.2, 0) is 12.7 Å². The first-order valence-electron chi connectivity index (χ1n) is 8.30. The third-order valence-corrected chi connectivity index (χ3v) is 3.36. The Balaban J connectivity index is 1.70. The molecule has 142 valence electrons. The average Bonchev–Trinajstić information content (AvgIpc) is 3.12. The van der Waals surface area contributed by atoms with Crippen LogP contribution in [0.15, 0.2) is 46.1 Å². The van der Waals surface area contributed by atoms with Gasteiger partial charge < -0.3 is 20.4 Å². The molecular weight excluding hydrogens is 347 g/mol. The van der Waals surface area contributed by atoms with Gasteiger partial charge in [0.05, 0.1) is 11.8 Å². The molecule has 26 heavy (non-hydrogen) atoms. The fourth-order valence-corrected chi connectivity index (χ4v) is 2.08. The van der Waals surface area contributed by atoms with Gasteiger partial charge in [0.25, 0.3) is 0 Å². The van der Waals surface area contributed by atoms with E-state index in [1.807, 2.05) is 19.1 Å². The first kappa shape index (κ1) is 19.6. The Hall–Kier alpha value is -2.71. The summed E-state index contributed by atoms with van der Waals surface area (Å²) < 4.78 is 42.6. The Kier molecular flexibility index (Phi) is 7.31. The molecule has 0 fully saturated rings. The highest BCUT2D eigenvalue weighted by molar-refractivity contribution is 5.79. The normalized spacial score (nSPS) is 12.1. The first-order chi connectivity index (χ1) is 12.5. The lowest BCUT2D eigenvalue weighted by molar-refractivity contribution is -0.137. The lowest BCUT2D eigenvalue weighted by Crippen LogP contribution is -2.38. The molecule has 0 saturated heterocycles. The molecule has 3 N–H and O–H groups in total. The van der Waals surface area contributed by atoms with Gasteiger partial charge in [-0.15, -0.1) is 0 Å². The van der Waals surface area contributed by atoms with Crippen molar-refractivity contribution in [2.45, 2.75) is 26.1 Å². The number of aliphatic imine (C=N–C) groups is 1. The number of nitrogens with one attached hydrogen (secondary N) is 3. The molecule has 2 heterocycles. The van der Waals surface area contributed by atoms with Crippen LogP contribution < -0.4 is 16.0 Å². The zero-order chi connectivity index (χ0) is 18.8. The summed E-state index contributed by atoms with van der Waals surface area (Å²) in [5.41, 5.74) is -0.757. The summed E-state index contributed by atoms with van der Waals surface area (Å²) in [4.78, 5) is 8.17. The van der Waals surface area contributed by atoms with E-state index in [2.05, 4.69) is 25.9 Å². The molecule has 0 radical (unpaired) electrons. The monoisotopic (exact) mass is 369 g/mol. The Morgan fingerprint density at radius 3 is 2.65 bits per heavy atom. The van der Waals surface area contributed by atoms with Crippen LogP contribution in [0.2, 0.25) is 0 Å². The minimum absolute atomic E-state index is 0.413. The number of alkyl halides is 3. The van der Waals surface area contributed by atoms with Crippen molar-refractivity contribution in [3.63, 3.8) is 0 Å². The number of rotatable bonds is 8. The molecule has 2 rings (SSSR count). The van der Waals surface area contributed by atoms with Gasteiger partial charge in [-0.25, -0.2) is 9.98 Å². The standard InChI is InChI=1S/C17H22F3N5O/c1-2-21-16(25-12-14-5-3-10-26-14)23-9-4-8-22-15-7-6-13(11-24-15)17(18,19)20/h3,5-7,10-11H,2,4,8-9,12H2,1H3,(H,22,24)(H2,21,23,25). The van der Waals surface area contributed by atoms with Crippen molar-refractivity contribution >= 4 is 11.8 Å². The van der Waals surface area contributed by atoms with Crippen LogP contribution in [0.3, 0.4) is 0 Å². The van der Waals surface area contributed by atoms with Crippen molar-refractivity contribution in [2.75, 3.05) is 25.0 Å². The van der Waals surface area contributed by atoms with Crippen LogP contribution in [0.25, 0.3) is 0 Å². The quantitative estimate of drug-likeness (QED) is 0.378. The number of nitrogens with zero attached hydrogens (tertiary/aromatic N) is 2. The number of hydrogen-bond donors (Lipinski definition) is 3. The summed E-state index contributed by atoms with van der Waals surface area (Å²) in [5.74, 6) is 1.87. The van der Waals surface area contributed by atoms with Gasteiger partial charge in [-0.3, -0.25) is 0 Å². The SMILES string of the molecule is CCNC(=NCc1ccco1)NCCCNc1ccc(C(F)(F)F)cn1. The maximum atomic E-state index is 12.5. The maximum absolute atomic E-state index is 12.5. The predicted molar refractivity (Wildman–Crippen MR) is 93.9 cm³/mol. The number of furan rings is 1. The first-order valence-corrected chi connectivity index (χ1v) is 8.30. The Morgan fingerprint density at radius 2 is 2.04 bits per heavy atom. The number of guanidine groups is 1. The van der Waals surface area contributed by atoms with E-state index in [0.717, 1.165) is 31.0 Å². The van der Waals surface area contributed by atoms with Gasteiger partial charge in [0.1, 0.15) is 18.1 Å². The van der Waals surface area contributed by atoms with Gasteiger partial charge in [-0.05, 0) is 37.6 Å². The molecule has 0 aliphatic carbocycles. The molecule has 0 bridgehead atoms. The van der Waals surface area contributed by atoms with Crippen molar-refractivity contribution < 1.29 is 17.6 Å². The van der Waals surface area contributed by atoms with E-state index >= 15 is 0 Å². The molecule has 0 amide bonds. The second kappa shape index (κ2) is 9.69. The minimum Gasteiger partial charge on any atom is -0.467 e. The van der Waals surface area contributed by atoms with E-state index in [4.69, 9.17) is 4.42 Å². The summed E-state index contributed by atoms with van der Waals surface area (Å²) in [5, 5.41) is 9.31. The Labute approximate surface area is 149 Å². The number of hydrogen-bond acceptors (Lipinski definition) is 4. The Morgan fingerprint density at radius 1 is 1.19 bits per heavy atom. The summed E-state index contributed by atoms with van der Waals surface area (Å²) >= 11 is 0. The fourth-order valence-electron chi connectivity index (χ4n) is 2.08. The molecule has 2 aromatic rings. The van der Waals surface area contributed by atoms with Crippen molar-refractivity contribution in [2.24, 2.45) is 4.99 Å². The van der Waals surface area contributed by atoms with Gasteiger partial charge >= 0.3 is 6.18 Å². The summed E-state index contributed by atoms with van der Waals surface area (Å²) in [6, 6.07) is 6.00. The summed E-state index contributed by atoms with van der Waals surface area (Å²) in [6.45, 7) is 4.37. The van der Waals surface area contributed by atoms with E-state index in [9.17, 15) is 13.2 Å². The number of halogens is 3. The second-order valence-corrected chi connectivity index (χ2v) is 5.41. The molecule has 6 nitrogen and oxygen atoms in total.